The molecule has 42 heavy (non-hydrogen) atoms. The quantitative estimate of drug-likeness (QED) is 0.391. The molecule has 2 unspecified atom stereocenters. The number of aliphatic hydroxyl groups is 1. The number of nitrogens with zero attached hydrogens (tertiary/aromatic N) is 1. The molecule has 1 aliphatic heterocycles. The zero-order chi connectivity index (χ0) is 30.9. The Morgan fingerprint density at radius 2 is 1.79 bits per heavy atom. The number of allylic oxidation sites excluding steroid dienone is 1. The second kappa shape index (κ2) is 15.2. The van der Waals surface area contributed by atoms with Crippen molar-refractivity contribution in [2.45, 2.75) is 57.8 Å². The largest absolute Gasteiger partial charge is 0.497 e. The number of carbonyl (C=O) groups is 2. The molecule has 2 aromatic carbocycles. The Kier molecular flexibility index (Phi) is 12.0. The van der Waals surface area contributed by atoms with Gasteiger partial charge < -0.3 is 31.1 Å². The van der Waals surface area contributed by atoms with E-state index < -0.39 is 11.3 Å². The number of amides is 2. The van der Waals surface area contributed by atoms with Crippen LogP contribution < -0.4 is 26.0 Å². The molecule has 230 valence electrons. The van der Waals surface area contributed by atoms with Gasteiger partial charge in [0.05, 0.1) is 12.5 Å². The van der Waals surface area contributed by atoms with Crippen molar-refractivity contribution >= 4 is 29.2 Å². The predicted molar refractivity (Wildman–Crippen MR) is 172 cm³/mol. The van der Waals surface area contributed by atoms with E-state index >= 15 is 0 Å². The van der Waals surface area contributed by atoms with Gasteiger partial charge in [-0.1, -0.05) is 44.4 Å². The van der Waals surface area contributed by atoms with E-state index in [1.165, 1.54) is 30.4 Å². The van der Waals surface area contributed by atoms with Crippen LogP contribution in [0.25, 0.3) is 11.6 Å². The molecule has 1 heterocycles. The summed E-state index contributed by atoms with van der Waals surface area (Å²) < 4.78 is 5.61. The number of fused-ring (bicyclic) bond motifs is 4. The number of carbonyl (C=O) groups excluding carboxylic acids is 2. The summed E-state index contributed by atoms with van der Waals surface area (Å²) >= 11 is 0. The molecule has 8 nitrogen and oxygen atoms in total. The number of primary amides is 1. The van der Waals surface area contributed by atoms with E-state index in [4.69, 9.17) is 15.6 Å². The Bertz CT molecular complexity index is 1250. The van der Waals surface area contributed by atoms with Gasteiger partial charge in [0.15, 0.2) is 0 Å². The maximum absolute atomic E-state index is 13.6. The summed E-state index contributed by atoms with van der Waals surface area (Å²) in [6, 6.07) is 12.1. The smallest absolute Gasteiger partial charge is 0.248 e. The predicted octanol–water partition coefficient (Wildman–Crippen LogP) is 4.81. The summed E-state index contributed by atoms with van der Waals surface area (Å²) in [6.07, 6.45) is 10.1. The first-order valence-electron chi connectivity index (χ1n) is 15.2. The van der Waals surface area contributed by atoms with Crippen LogP contribution in [0.5, 0.6) is 5.75 Å². The van der Waals surface area contributed by atoms with E-state index in [-0.39, 0.29) is 11.8 Å². The van der Waals surface area contributed by atoms with Crippen LogP contribution >= 0.6 is 0 Å². The number of nitrogens with one attached hydrogen (secondary N) is 2. The van der Waals surface area contributed by atoms with E-state index in [0.717, 1.165) is 55.4 Å². The van der Waals surface area contributed by atoms with Crippen molar-refractivity contribution in [1.82, 2.24) is 10.6 Å². The maximum atomic E-state index is 13.6. The summed E-state index contributed by atoms with van der Waals surface area (Å²) in [5.41, 5.74) is 11.4. The third-order valence-corrected chi connectivity index (χ3v) is 8.61. The molecule has 3 aliphatic rings. The number of hydrogen-bond acceptors (Lipinski definition) is 6. The van der Waals surface area contributed by atoms with Gasteiger partial charge in [0.25, 0.3) is 0 Å². The van der Waals surface area contributed by atoms with Crippen molar-refractivity contribution in [3.05, 3.63) is 58.7 Å². The topological polar surface area (TPSA) is 117 Å². The molecule has 2 fully saturated rings. The number of aliphatic hydroxyl groups excluding tert-OH is 1. The molecule has 8 heteroatoms. The van der Waals surface area contributed by atoms with Gasteiger partial charge in [-0.25, -0.2) is 0 Å². The molecule has 2 amide bonds. The molecule has 0 aromatic heterocycles. The molecule has 2 aliphatic carbocycles. The third kappa shape index (κ3) is 7.16. The molecule has 0 radical (unpaired) electrons. The fourth-order valence-corrected chi connectivity index (χ4v) is 6.49. The van der Waals surface area contributed by atoms with Gasteiger partial charge in [-0.3, -0.25) is 9.59 Å². The van der Waals surface area contributed by atoms with Crippen molar-refractivity contribution in [2.75, 3.05) is 53.4 Å². The molecule has 0 spiro atoms. The summed E-state index contributed by atoms with van der Waals surface area (Å²) in [4.78, 5) is 28.0. The lowest BCUT2D eigenvalue weighted by atomic mass is 9.78. The Balaban J connectivity index is 0.000000910. The van der Waals surface area contributed by atoms with E-state index in [9.17, 15) is 9.59 Å². The molecular weight excluding hydrogens is 528 g/mol. The molecule has 2 atom stereocenters. The number of nitrogens with two attached hydrogens (primary N) is 1. The average Bonchev–Trinajstić information content (AvgIpc) is 3.74. The van der Waals surface area contributed by atoms with Crippen LogP contribution in [-0.2, 0) is 4.79 Å². The fraction of sp³-hybridized carbons (Fsp3) is 0.529. The molecule has 0 bridgehead atoms. The van der Waals surface area contributed by atoms with Crippen molar-refractivity contribution in [2.24, 2.45) is 17.1 Å². The fourth-order valence-electron chi connectivity index (χ4n) is 6.49. The second-order valence-electron chi connectivity index (χ2n) is 11.6. The summed E-state index contributed by atoms with van der Waals surface area (Å²) in [5, 5.41) is 12.9. The number of ether oxygens (including phenoxy) is 1. The SMILES string of the molecule is CCCNC(=O)C12CC1c1cc(OC)ccc1/C=C(\C1CCCCC1)c1ccc(C(N)=O)cc1N(C)C2.CNC.CO. The van der Waals surface area contributed by atoms with Crippen molar-refractivity contribution in [3.8, 4) is 5.75 Å². The van der Waals surface area contributed by atoms with E-state index in [1.807, 2.05) is 39.3 Å². The lowest BCUT2D eigenvalue weighted by Gasteiger charge is -2.33. The highest BCUT2D eigenvalue weighted by Gasteiger charge is 2.61. The molecular formula is C34H50N4O4. The van der Waals surface area contributed by atoms with Crippen molar-refractivity contribution in [3.63, 3.8) is 0 Å². The number of anilines is 1. The molecule has 5 N–H and O–H groups in total. The standard InChI is InChI=1S/C31H39N3O3.C2H7N.CH4O/c1-4-14-33-30(36)31-18-27(31)26-17-23(37-3)12-10-21(26)15-25(20-8-6-5-7-9-20)24-13-11-22(29(32)35)16-28(24)34(2)19-31;1-3-2;1-2/h10-13,15-17,20,27H,4-9,14,18-19H2,1-3H3,(H2,32,35)(H,33,36);3H,1-2H3;2H,1H3/b25-15+;;. The first kappa shape index (κ1) is 33.1. The number of benzene rings is 2. The monoisotopic (exact) mass is 578 g/mol. The van der Waals surface area contributed by atoms with Gasteiger partial charge in [0, 0.05) is 50.0 Å². The maximum Gasteiger partial charge on any atom is 0.248 e. The van der Waals surface area contributed by atoms with Crippen LogP contribution in [0.1, 0.15) is 84.8 Å². The van der Waals surface area contributed by atoms with Crippen molar-refractivity contribution in [1.29, 1.82) is 0 Å². The third-order valence-electron chi connectivity index (χ3n) is 8.61. The zero-order valence-corrected chi connectivity index (χ0v) is 26.3. The number of methoxy groups -OCH3 is 1. The van der Waals surface area contributed by atoms with E-state index in [1.54, 1.807) is 7.11 Å². The molecule has 5 rings (SSSR count). The first-order chi connectivity index (χ1) is 20.3. The minimum atomic E-state index is -0.540. The van der Waals surface area contributed by atoms with Crippen molar-refractivity contribution < 1.29 is 19.4 Å². The highest BCUT2D eigenvalue weighted by atomic mass is 16.5. The first-order valence-corrected chi connectivity index (χ1v) is 15.2. The van der Waals surface area contributed by atoms with Gasteiger partial charge in [-0.15, -0.1) is 0 Å². The van der Waals surface area contributed by atoms with Crippen LogP contribution in [0.15, 0.2) is 36.4 Å². The van der Waals surface area contributed by atoms with Crippen LogP contribution in [0.2, 0.25) is 0 Å². The Morgan fingerprint density at radius 3 is 2.40 bits per heavy atom. The van der Waals surface area contributed by atoms with Crippen LogP contribution in [0.3, 0.4) is 0 Å². The Labute approximate surface area is 251 Å². The van der Waals surface area contributed by atoms with E-state index in [2.05, 4.69) is 46.7 Å². The molecule has 2 aromatic rings. The lowest BCUT2D eigenvalue weighted by molar-refractivity contribution is -0.126. The van der Waals surface area contributed by atoms with Gasteiger partial charge in [0.1, 0.15) is 5.75 Å². The Morgan fingerprint density at radius 1 is 1.10 bits per heavy atom. The molecule has 2 saturated carbocycles. The summed E-state index contributed by atoms with van der Waals surface area (Å²) in [7, 11) is 8.49. The summed E-state index contributed by atoms with van der Waals surface area (Å²) in [5.74, 6) is 1.03. The van der Waals surface area contributed by atoms with Crippen LogP contribution in [-0.4, -0.2) is 65.4 Å². The van der Waals surface area contributed by atoms with Crippen LogP contribution in [0.4, 0.5) is 5.69 Å². The summed E-state index contributed by atoms with van der Waals surface area (Å²) in [6.45, 7) is 3.30. The van der Waals surface area contributed by atoms with Gasteiger partial charge in [-0.05, 0) is 86.7 Å². The molecule has 0 saturated heterocycles. The number of rotatable bonds is 6. The van der Waals surface area contributed by atoms with Gasteiger partial charge >= 0.3 is 0 Å². The number of hydrogen-bond donors (Lipinski definition) is 4. The second-order valence-corrected chi connectivity index (χ2v) is 11.6. The lowest BCUT2D eigenvalue weighted by Crippen LogP contribution is -2.41. The minimum Gasteiger partial charge on any atom is -0.497 e. The van der Waals surface area contributed by atoms with E-state index in [0.29, 0.717) is 24.6 Å². The highest BCUT2D eigenvalue weighted by Crippen LogP contribution is 2.62. The average molecular weight is 579 g/mol. The highest BCUT2D eigenvalue weighted by molar-refractivity contribution is 5.97. The van der Waals surface area contributed by atoms with Crippen LogP contribution in [0, 0.1) is 11.3 Å². The zero-order valence-electron chi connectivity index (χ0n) is 26.3. The van der Waals surface area contributed by atoms with Gasteiger partial charge in [-0.2, -0.15) is 0 Å². The normalized spacial score (nSPS) is 22.2. The Hall–Kier alpha value is -3.36. The van der Waals surface area contributed by atoms with Gasteiger partial charge in [0.2, 0.25) is 11.8 Å². The minimum absolute atomic E-state index is 0.0987.